The first-order valence-corrected chi connectivity index (χ1v) is 30.9. The van der Waals surface area contributed by atoms with Crippen LogP contribution in [0.2, 0.25) is 0 Å². The van der Waals surface area contributed by atoms with Gasteiger partial charge in [-0.05, 0) is 135 Å². The van der Waals surface area contributed by atoms with E-state index in [0.717, 1.165) is 39.1 Å². The predicted molar refractivity (Wildman–Crippen MR) is 317 cm³/mol. The normalized spacial score (nSPS) is 28.2. The van der Waals surface area contributed by atoms with Gasteiger partial charge in [0.15, 0.2) is 0 Å². The molecule has 0 saturated carbocycles. The van der Waals surface area contributed by atoms with E-state index in [1.54, 1.807) is 47.3 Å². The molecule has 0 bridgehead atoms. The van der Waals surface area contributed by atoms with Crippen molar-refractivity contribution in [2.75, 3.05) is 25.6 Å². The number of carbonyl (C=O) groups is 7. The van der Waals surface area contributed by atoms with E-state index in [1.165, 1.54) is 0 Å². The number of hydrogen-bond acceptors (Lipinski definition) is 12. The van der Waals surface area contributed by atoms with Crippen LogP contribution in [-0.2, 0) is 59.5 Å². The van der Waals surface area contributed by atoms with Crippen molar-refractivity contribution in [3.05, 3.63) is 106 Å². The van der Waals surface area contributed by atoms with Crippen molar-refractivity contribution in [3.63, 3.8) is 0 Å². The fourth-order valence-electron chi connectivity index (χ4n) is 12.9. The highest BCUT2D eigenvalue weighted by Gasteiger charge is 2.57. The molecule has 0 radical (unpaired) electrons. The number of likely N-dealkylation sites (N-methyl/N-ethyl adjacent to an activating group) is 2. The molecule has 6 aliphatic rings. The first-order chi connectivity index (χ1) is 38.2. The van der Waals surface area contributed by atoms with E-state index in [2.05, 4.69) is 42.5 Å². The number of rotatable bonds is 16. The molecule has 20 heteroatoms. The topological polar surface area (TPSA) is 222 Å². The number of carbonyl (C=O) groups excluding carboxylic acids is 7. The van der Waals surface area contributed by atoms with Crippen LogP contribution < -0.4 is 42.5 Å². The second-order valence-electron chi connectivity index (χ2n) is 24.0. The minimum absolute atomic E-state index is 0.121. The molecule has 4 fully saturated rings. The molecule has 17 nitrogen and oxygen atoms in total. The van der Waals surface area contributed by atoms with Gasteiger partial charge in [-0.25, -0.2) is 0 Å². The maximum Gasteiger partial charge on any atom is 0.246 e. The molecule has 4 heterocycles. The average Bonchev–Trinajstić information content (AvgIpc) is 3.85. The van der Waals surface area contributed by atoms with Crippen LogP contribution in [0.5, 0.6) is 0 Å². The third kappa shape index (κ3) is 12.4. The predicted octanol–water partition coefficient (Wildman–Crippen LogP) is 4.93. The van der Waals surface area contributed by atoms with Crippen LogP contribution in [0.15, 0.2) is 72.8 Å². The summed E-state index contributed by atoms with van der Waals surface area (Å²) in [6.07, 6.45) is 4.69. The number of hydrogen-bond donors (Lipinski definition) is 8. The third-order valence-electron chi connectivity index (χ3n) is 17.6. The molecule has 12 atom stereocenters. The van der Waals surface area contributed by atoms with Crippen LogP contribution in [0.1, 0.15) is 126 Å². The molecule has 80 heavy (non-hydrogen) atoms. The van der Waals surface area contributed by atoms with Gasteiger partial charge in [-0.2, -0.15) is 0 Å². The van der Waals surface area contributed by atoms with Gasteiger partial charge in [0.25, 0.3) is 0 Å². The van der Waals surface area contributed by atoms with E-state index in [-0.39, 0.29) is 71.2 Å². The molecular formula is C60H80N10O7S3. The average molecular weight is 1150 g/mol. The van der Waals surface area contributed by atoms with Gasteiger partial charge in [0, 0.05) is 13.1 Å². The Balaban J connectivity index is 0.838. The van der Waals surface area contributed by atoms with E-state index in [9.17, 15) is 33.6 Å². The first kappa shape index (κ1) is 59.1. The van der Waals surface area contributed by atoms with Gasteiger partial charge < -0.3 is 52.3 Å². The second kappa shape index (κ2) is 24.9. The van der Waals surface area contributed by atoms with Crippen molar-refractivity contribution in [2.24, 2.45) is 22.7 Å². The Morgan fingerprint density at radius 2 is 0.988 bits per heavy atom. The van der Waals surface area contributed by atoms with Crippen molar-refractivity contribution in [1.29, 1.82) is 0 Å². The number of amides is 7. The van der Waals surface area contributed by atoms with Crippen molar-refractivity contribution in [1.82, 2.24) is 52.3 Å². The SMILES string of the molecule is CN[C@@H](C)C(=O)N[C@@H]1CCS[C@H]2CC(C)(C)[C@@H](C(=O)N[C@H]3c4ccccc4CC[C@H]3C(=O)NCc3ccc(CNC(=O)[C@@H]4CCc5ccccc5[C@H]4NC(=O)[C@H]4N5C(=O)[C@@H](NC(=S)[C@H](C)NC)CCS[C@H]5CC4(C)C)cc3)N2C1=O. The summed E-state index contributed by atoms with van der Waals surface area (Å²) in [5.74, 6) is -1.40. The van der Waals surface area contributed by atoms with Crippen molar-refractivity contribution >= 4 is 82.1 Å². The molecule has 4 aliphatic heterocycles. The molecule has 2 aliphatic carbocycles. The van der Waals surface area contributed by atoms with E-state index in [1.807, 2.05) is 114 Å². The van der Waals surface area contributed by atoms with Gasteiger partial charge in [0.2, 0.25) is 41.4 Å². The number of thioether (sulfide) groups is 2. The van der Waals surface area contributed by atoms with Crippen LogP contribution in [0.3, 0.4) is 0 Å². The largest absolute Gasteiger partial charge is 0.367 e. The van der Waals surface area contributed by atoms with E-state index in [4.69, 9.17) is 12.2 Å². The summed E-state index contributed by atoms with van der Waals surface area (Å²) >= 11 is 8.98. The molecular weight excluding hydrogens is 1070 g/mol. The lowest BCUT2D eigenvalue weighted by atomic mass is 9.78. The molecule has 3 aromatic carbocycles. The van der Waals surface area contributed by atoms with Crippen molar-refractivity contribution < 1.29 is 33.6 Å². The van der Waals surface area contributed by atoms with Crippen LogP contribution in [-0.4, -0.2) is 129 Å². The quantitative estimate of drug-likeness (QED) is 0.0894. The molecule has 0 spiro atoms. The van der Waals surface area contributed by atoms with E-state index < -0.39 is 65.0 Å². The monoisotopic (exact) mass is 1150 g/mol. The van der Waals surface area contributed by atoms with Gasteiger partial charge in [-0.15, -0.1) is 23.5 Å². The Kier molecular flexibility index (Phi) is 18.4. The number of aryl methyl sites for hydroxylation is 2. The Labute approximate surface area is 484 Å². The highest BCUT2D eigenvalue weighted by Crippen LogP contribution is 2.49. The smallest absolute Gasteiger partial charge is 0.246 e. The van der Waals surface area contributed by atoms with E-state index >= 15 is 0 Å². The highest BCUT2D eigenvalue weighted by atomic mass is 32.2. The zero-order valence-electron chi connectivity index (χ0n) is 47.3. The highest BCUT2D eigenvalue weighted by molar-refractivity contribution is 8.00. The Hall–Kier alpha value is -5.54. The summed E-state index contributed by atoms with van der Waals surface area (Å²) in [5, 5.41) is 24.8. The van der Waals surface area contributed by atoms with Crippen molar-refractivity contribution in [3.8, 4) is 0 Å². The van der Waals surface area contributed by atoms with Gasteiger partial charge in [0.1, 0.15) is 24.2 Å². The summed E-state index contributed by atoms with van der Waals surface area (Å²) < 4.78 is 0. The number of benzene rings is 3. The number of thiocarbonyl (C=S) groups is 1. The third-order valence-corrected chi connectivity index (χ3v) is 20.6. The van der Waals surface area contributed by atoms with Crippen LogP contribution in [0.25, 0.3) is 0 Å². The van der Waals surface area contributed by atoms with Crippen LogP contribution in [0.4, 0.5) is 0 Å². The molecule has 0 unspecified atom stereocenters. The summed E-state index contributed by atoms with van der Waals surface area (Å²) in [5.41, 5.74) is 4.51. The summed E-state index contributed by atoms with van der Waals surface area (Å²) in [7, 11) is 3.51. The molecule has 7 amide bonds. The number of nitrogens with one attached hydrogen (secondary N) is 8. The fourth-order valence-corrected chi connectivity index (χ4v) is 16.3. The number of nitrogens with zero attached hydrogens (tertiary/aromatic N) is 2. The first-order valence-electron chi connectivity index (χ1n) is 28.4. The Bertz CT molecular complexity index is 2660. The van der Waals surface area contributed by atoms with Crippen LogP contribution in [0, 0.1) is 22.7 Å². The molecule has 4 saturated heterocycles. The lowest BCUT2D eigenvalue weighted by Gasteiger charge is -2.38. The maximum absolute atomic E-state index is 14.8. The van der Waals surface area contributed by atoms with Crippen molar-refractivity contribution in [2.45, 2.75) is 165 Å². The van der Waals surface area contributed by atoms with Crippen LogP contribution >= 0.6 is 35.7 Å². The second-order valence-corrected chi connectivity index (χ2v) is 27.0. The summed E-state index contributed by atoms with van der Waals surface area (Å²) in [6, 6.07) is 18.8. The molecule has 8 N–H and O–H groups in total. The molecule has 9 rings (SSSR count). The zero-order chi connectivity index (χ0) is 57.2. The Morgan fingerprint density at radius 3 is 1.41 bits per heavy atom. The lowest BCUT2D eigenvalue weighted by molar-refractivity contribution is -0.144. The minimum Gasteiger partial charge on any atom is -0.367 e. The maximum atomic E-state index is 14.8. The molecule has 0 aromatic heterocycles. The summed E-state index contributed by atoms with van der Waals surface area (Å²) in [6.45, 7) is 12.3. The fraction of sp³-hybridized carbons (Fsp3) is 0.567. The number of fused-ring (bicyclic) bond motifs is 4. The Morgan fingerprint density at radius 1 is 0.575 bits per heavy atom. The summed E-state index contributed by atoms with van der Waals surface area (Å²) in [4.78, 5) is 104. The molecule has 430 valence electrons. The zero-order valence-corrected chi connectivity index (χ0v) is 49.8. The minimum atomic E-state index is -0.821. The van der Waals surface area contributed by atoms with Gasteiger partial charge >= 0.3 is 0 Å². The molecule has 3 aromatic rings. The van der Waals surface area contributed by atoms with Gasteiger partial charge in [0.05, 0.1) is 51.7 Å². The lowest BCUT2D eigenvalue weighted by Crippen LogP contribution is -2.58. The van der Waals surface area contributed by atoms with E-state index in [0.29, 0.717) is 62.1 Å². The standard InChI is InChI=1S/C60H80N10O7S3/c1-33(61-7)51(71)65-43-25-27-79-45-29-59(3,4)49(69(45)57(43)76)54(74)67-47-39-15-11-9-13-37(39)21-23-41(47)52(72)63-31-35-17-19-36(20-18-35)32-64-53(73)42-24-22-38-14-10-12-16-40(38)48(42)68-55(75)50-60(5,6)30-46-70(50)58(77)44(26-28-80-46)66-56(78)34(2)62-8/h9-20,33-34,41-50,61-62H,21-32H2,1-8H3,(H,63,72)(H,64,73)(H,65,71)(H,66,78)(H,67,74)(H,68,75)/t33-,34-,41+,42+,43+,44-,45-,46-,47-,48+,49+,50+/m0/s1. The van der Waals surface area contributed by atoms with Gasteiger partial charge in [-0.1, -0.05) is 113 Å². The van der Waals surface area contributed by atoms with Gasteiger partial charge in [-0.3, -0.25) is 33.6 Å².